The number of nitrogens with zero attached hydrogens (tertiary/aromatic N) is 4. The average molecular weight is 537 g/mol. The molecule has 3 heterocycles. The number of halogens is 4. The van der Waals surface area contributed by atoms with Gasteiger partial charge in [-0.05, 0) is 65.6 Å². The first-order valence-electron chi connectivity index (χ1n) is 12.2. The van der Waals surface area contributed by atoms with E-state index in [1.165, 1.54) is 12.5 Å². The van der Waals surface area contributed by atoms with E-state index in [2.05, 4.69) is 15.0 Å². The largest absolute Gasteiger partial charge is 0.497 e. The van der Waals surface area contributed by atoms with Crippen molar-refractivity contribution < 1.29 is 27.1 Å². The van der Waals surface area contributed by atoms with E-state index in [1.54, 1.807) is 31.1 Å². The van der Waals surface area contributed by atoms with Crippen LogP contribution in [-0.4, -0.2) is 39.4 Å². The summed E-state index contributed by atoms with van der Waals surface area (Å²) in [7, 11) is 1.60. The molecular formula is C29H24F4N4O2. The normalized spacial score (nSPS) is 14.2. The second-order valence-corrected chi connectivity index (χ2v) is 9.33. The molecule has 0 fully saturated rings. The van der Waals surface area contributed by atoms with Crippen molar-refractivity contribution in [2.75, 3.05) is 13.7 Å². The van der Waals surface area contributed by atoms with Crippen LogP contribution in [0, 0.1) is 5.82 Å². The molecule has 0 radical (unpaired) electrons. The van der Waals surface area contributed by atoms with Gasteiger partial charge in [0.1, 0.15) is 17.9 Å². The Balaban J connectivity index is 1.42. The van der Waals surface area contributed by atoms with Gasteiger partial charge < -0.3 is 9.64 Å². The first-order chi connectivity index (χ1) is 18.6. The molecule has 0 aliphatic carbocycles. The van der Waals surface area contributed by atoms with Crippen molar-refractivity contribution in [3.63, 3.8) is 0 Å². The lowest BCUT2D eigenvalue weighted by atomic mass is 9.93. The predicted octanol–water partition coefficient (Wildman–Crippen LogP) is 6.06. The van der Waals surface area contributed by atoms with E-state index in [4.69, 9.17) is 4.74 Å². The van der Waals surface area contributed by atoms with Crippen LogP contribution in [0.1, 0.15) is 51.1 Å². The van der Waals surface area contributed by atoms with Gasteiger partial charge in [0.05, 0.1) is 29.8 Å². The molecule has 0 spiro atoms. The van der Waals surface area contributed by atoms with Crippen LogP contribution in [0.4, 0.5) is 17.6 Å². The molecule has 2 aromatic carbocycles. The third-order valence-electron chi connectivity index (χ3n) is 6.86. The number of alkyl halides is 3. The fourth-order valence-electron chi connectivity index (χ4n) is 4.72. The van der Waals surface area contributed by atoms with Crippen molar-refractivity contribution in [1.82, 2.24) is 19.9 Å². The molecule has 39 heavy (non-hydrogen) atoms. The Kier molecular flexibility index (Phi) is 7.03. The van der Waals surface area contributed by atoms with E-state index in [0.717, 1.165) is 29.0 Å². The molecule has 1 atom stereocenters. The van der Waals surface area contributed by atoms with Gasteiger partial charge in [0.25, 0.3) is 5.91 Å². The Morgan fingerprint density at radius 2 is 1.79 bits per heavy atom. The predicted molar refractivity (Wildman–Crippen MR) is 136 cm³/mol. The summed E-state index contributed by atoms with van der Waals surface area (Å²) in [5.74, 6) is -1.01. The van der Waals surface area contributed by atoms with Crippen LogP contribution < -0.4 is 4.74 Å². The summed E-state index contributed by atoms with van der Waals surface area (Å²) in [6.07, 6.45) is -1.29. The summed E-state index contributed by atoms with van der Waals surface area (Å²) in [5, 5.41) is 0. The summed E-state index contributed by atoms with van der Waals surface area (Å²) in [6.45, 7) is 2.58. The Morgan fingerprint density at radius 3 is 2.51 bits per heavy atom. The van der Waals surface area contributed by atoms with E-state index in [9.17, 15) is 22.4 Å². The van der Waals surface area contributed by atoms with Crippen molar-refractivity contribution in [3.05, 3.63) is 106 Å². The summed E-state index contributed by atoms with van der Waals surface area (Å²) < 4.78 is 58.9. The second-order valence-electron chi connectivity index (χ2n) is 9.33. The van der Waals surface area contributed by atoms with Gasteiger partial charge in [0.15, 0.2) is 0 Å². The number of hydrogen-bond donors (Lipinski definition) is 0. The average Bonchev–Trinajstić information content (AvgIpc) is 2.93. The molecule has 200 valence electrons. The highest BCUT2D eigenvalue weighted by molar-refractivity contribution is 5.98. The monoisotopic (exact) mass is 536 g/mol. The summed E-state index contributed by atoms with van der Waals surface area (Å²) in [6, 6.07) is 13.3. The highest BCUT2D eigenvalue weighted by Crippen LogP contribution is 2.34. The van der Waals surface area contributed by atoms with Crippen molar-refractivity contribution in [1.29, 1.82) is 0 Å². The number of pyridine rings is 1. The third kappa shape index (κ3) is 5.45. The number of amides is 1. The second kappa shape index (κ2) is 10.4. The van der Waals surface area contributed by atoms with Gasteiger partial charge in [0, 0.05) is 30.8 Å². The third-order valence-corrected chi connectivity index (χ3v) is 6.86. The van der Waals surface area contributed by atoms with Crippen LogP contribution >= 0.6 is 0 Å². The van der Waals surface area contributed by atoms with Crippen molar-refractivity contribution in [3.8, 4) is 17.1 Å². The molecule has 2 aromatic heterocycles. The zero-order valence-corrected chi connectivity index (χ0v) is 21.2. The Morgan fingerprint density at radius 1 is 1.03 bits per heavy atom. The Bertz CT molecular complexity index is 1520. The van der Waals surface area contributed by atoms with Gasteiger partial charge in [-0.1, -0.05) is 19.1 Å². The standard InChI is InChI=1S/C29H24F4N4O2/c1-17(19-11-20(29(31,32)33)13-21(30)12-19)25-14-26(36-16-35-25)27-23-8-10-37(28(38)24(23)7-9-34-27)15-18-3-5-22(39-2)6-4-18/h3-7,9,11-14,16-17H,8,10,15H2,1-2H3. The lowest BCUT2D eigenvalue weighted by molar-refractivity contribution is -0.137. The number of aromatic nitrogens is 3. The molecule has 0 bridgehead atoms. The van der Waals surface area contributed by atoms with Crippen LogP contribution in [0.15, 0.2) is 67.1 Å². The van der Waals surface area contributed by atoms with Crippen LogP contribution in [0.25, 0.3) is 11.4 Å². The van der Waals surface area contributed by atoms with Gasteiger partial charge in [0.2, 0.25) is 0 Å². The zero-order valence-electron chi connectivity index (χ0n) is 21.2. The molecule has 1 unspecified atom stereocenters. The highest BCUT2D eigenvalue weighted by Gasteiger charge is 2.32. The summed E-state index contributed by atoms with van der Waals surface area (Å²) in [5.41, 5.74) is 2.67. The molecule has 1 aliphatic heterocycles. The van der Waals surface area contributed by atoms with Crippen LogP contribution in [0.5, 0.6) is 5.75 Å². The van der Waals surface area contributed by atoms with Gasteiger partial charge in [-0.2, -0.15) is 13.2 Å². The van der Waals surface area contributed by atoms with Crippen LogP contribution in [-0.2, 0) is 19.1 Å². The smallest absolute Gasteiger partial charge is 0.416 e. The molecule has 0 saturated heterocycles. The van der Waals surface area contributed by atoms with Gasteiger partial charge in [-0.15, -0.1) is 0 Å². The van der Waals surface area contributed by atoms with Gasteiger partial charge >= 0.3 is 6.18 Å². The minimum Gasteiger partial charge on any atom is -0.497 e. The first-order valence-corrected chi connectivity index (χ1v) is 12.2. The molecule has 5 rings (SSSR count). The van der Waals surface area contributed by atoms with E-state index in [-0.39, 0.29) is 11.5 Å². The fraction of sp³-hybridized carbons (Fsp3) is 0.241. The number of carbonyl (C=O) groups excluding carboxylic acids is 1. The van der Waals surface area contributed by atoms with E-state index in [1.807, 2.05) is 24.3 Å². The summed E-state index contributed by atoms with van der Waals surface area (Å²) in [4.78, 5) is 28.2. The van der Waals surface area contributed by atoms with Crippen LogP contribution in [0.3, 0.4) is 0 Å². The molecule has 6 nitrogen and oxygen atoms in total. The quantitative estimate of drug-likeness (QED) is 0.281. The highest BCUT2D eigenvalue weighted by atomic mass is 19.4. The topological polar surface area (TPSA) is 68.2 Å². The zero-order chi connectivity index (χ0) is 27.7. The van der Waals surface area contributed by atoms with E-state index < -0.39 is 23.5 Å². The molecule has 4 aromatic rings. The number of hydrogen-bond acceptors (Lipinski definition) is 5. The number of methoxy groups -OCH3 is 1. The van der Waals surface area contributed by atoms with Gasteiger partial charge in [-0.3, -0.25) is 9.78 Å². The minimum atomic E-state index is -4.67. The molecule has 10 heteroatoms. The maximum absolute atomic E-state index is 14.0. The van der Waals surface area contributed by atoms with Gasteiger partial charge in [-0.25, -0.2) is 14.4 Å². The molecule has 1 aliphatic rings. The number of carbonyl (C=O) groups is 1. The Hall–Kier alpha value is -4.34. The maximum Gasteiger partial charge on any atom is 0.416 e. The van der Waals surface area contributed by atoms with E-state index in [0.29, 0.717) is 48.2 Å². The van der Waals surface area contributed by atoms with Crippen LogP contribution in [0.2, 0.25) is 0 Å². The number of benzene rings is 2. The van der Waals surface area contributed by atoms with E-state index >= 15 is 0 Å². The maximum atomic E-state index is 14.0. The van der Waals surface area contributed by atoms with Crippen molar-refractivity contribution in [2.24, 2.45) is 0 Å². The van der Waals surface area contributed by atoms with Crippen molar-refractivity contribution in [2.45, 2.75) is 32.0 Å². The molecule has 0 N–H and O–H groups in total. The molecular weight excluding hydrogens is 512 g/mol. The fourth-order valence-corrected chi connectivity index (χ4v) is 4.72. The molecule has 1 amide bonds. The molecule has 0 saturated carbocycles. The lowest BCUT2D eigenvalue weighted by Gasteiger charge is -2.29. The number of fused-ring (bicyclic) bond motifs is 1. The summed E-state index contributed by atoms with van der Waals surface area (Å²) >= 11 is 0. The SMILES string of the molecule is COc1ccc(CN2CCc3c(ccnc3-c3cc(C(C)c4cc(F)cc(C(F)(F)F)c4)ncn3)C2=O)cc1. The minimum absolute atomic E-state index is 0.127. The first kappa shape index (κ1) is 26.3. The Labute approximate surface area is 222 Å². The number of rotatable bonds is 6. The van der Waals surface area contributed by atoms with Crippen molar-refractivity contribution >= 4 is 5.91 Å². The number of ether oxygens (including phenoxy) is 1. The lowest BCUT2D eigenvalue weighted by Crippen LogP contribution is -2.37.